The number of aromatic nitrogens is 3. The Morgan fingerprint density at radius 2 is 2.15 bits per heavy atom. The molecule has 1 heterocycles. The summed E-state index contributed by atoms with van der Waals surface area (Å²) in [7, 11) is 1.60. The molecule has 2 rings (SSSR count). The van der Waals surface area contributed by atoms with Gasteiger partial charge in [-0.25, -0.2) is 4.68 Å². The van der Waals surface area contributed by atoms with Gasteiger partial charge in [-0.3, -0.25) is 0 Å². The zero-order valence-corrected chi connectivity index (χ0v) is 12.6. The van der Waals surface area contributed by atoms with Crippen molar-refractivity contribution in [3.63, 3.8) is 0 Å². The topological polar surface area (TPSA) is 60.2 Å². The highest BCUT2D eigenvalue weighted by Gasteiger charge is 2.17. The van der Waals surface area contributed by atoms with Crippen LogP contribution in [0.4, 0.5) is 0 Å². The number of rotatable bonds is 5. The largest absolute Gasteiger partial charge is 0.494 e. The number of ether oxygens (including phenoxy) is 1. The number of methoxy groups -OCH3 is 1. The molecule has 0 aliphatic carbocycles. The van der Waals surface area contributed by atoms with Crippen LogP contribution in [0.1, 0.15) is 25.2 Å². The van der Waals surface area contributed by atoms with E-state index in [0.29, 0.717) is 22.4 Å². The van der Waals surface area contributed by atoms with E-state index in [4.69, 9.17) is 16.3 Å². The highest BCUT2D eigenvalue weighted by Crippen LogP contribution is 2.28. The van der Waals surface area contributed by atoms with Gasteiger partial charge in [-0.2, -0.15) is 0 Å². The fourth-order valence-electron chi connectivity index (χ4n) is 2.07. The minimum absolute atomic E-state index is 0.134. The molecule has 0 radical (unpaired) electrons. The van der Waals surface area contributed by atoms with Crippen LogP contribution in [0.2, 0.25) is 5.02 Å². The molecule has 0 unspecified atom stereocenters. The molecule has 0 amide bonds. The van der Waals surface area contributed by atoms with Crippen molar-refractivity contribution in [3.05, 3.63) is 34.6 Å². The second-order valence-electron chi connectivity index (χ2n) is 4.97. The van der Waals surface area contributed by atoms with Crippen LogP contribution in [-0.4, -0.2) is 27.2 Å². The summed E-state index contributed by atoms with van der Waals surface area (Å²) in [4.78, 5) is 0. The summed E-state index contributed by atoms with van der Waals surface area (Å²) in [6.07, 6.45) is 0.762. The van der Waals surface area contributed by atoms with Crippen molar-refractivity contribution in [1.29, 1.82) is 0 Å². The molecule has 1 N–H and O–H groups in total. The van der Waals surface area contributed by atoms with Crippen LogP contribution in [0, 0.1) is 5.92 Å². The Morgan fingerprint density at radius 1 is 1.40 bits per heavy atom. The molecule has 0 fully saturated rings. The van der Waals surface area contributed by atoms with Crippen LogP contribution < -0.4 is 4.74 Å². The molecule has 5 nitrogen and oxygen atoms in total. The molecule has 108 valence electrons. The van der Waals surface area contributed by atoms with E-state index < -0.39 is 0 Å². The number of halogens is 1. The van der Waals surface area contributed by atoms with Gasteiger partial charge in [-0.15, -0.1) is 5.10 Å². The summed E-state index contributed by atoms with van der Waals surface area (Å²) in [5, 5.41) is 18.2. The van der Waals surface area contributed by atoms with Gasteiger partial charge in [0.1, 0.15) is 17.1 Å². The summed E-state index contributed by atoms with van der Waals surface area (Å²) in [6, 6.07) is 5.33. The molecule has 0 saturated heterocycles. The Balaban J connectivity index is 2.57. The molecular formula is C14H18ClN3O2. The quantitative estimate of drug-likeness (QED) is 0.921. The fourth-order valence-corrected chi connectivity index (χ4v) is 2.24. The third kappa shape index (κ3) is 2.94. The first-order chi connectivity index (χ1) is 9.56. The average molecular weight is 296 g/mol. The van der Waals surface area contributed by atoms with Gasteiger partial charge in [-0.1, -0.05) is 30.7 Å². The Hall–Kier alpha value is -1.59. The lowest BCUT2D eigenvalue weighted by molar-refractivity contribution is 0.275. The van der Waals surface area contributed by atoms with E-state index >= 15 is 0 Å². The van der Waals surface area contributed by atoms with Crippen LogP contribution >= 0.6 is 11.6 Å². The molecule has 0 aliphatic rings. The standard InChI is InChI=1S/C14H18ClN3O2/c1-9(2)6-12-11(8-19)16-17-18(12)13-7-10(15)4-5-14(13)20-3/h4-5,7,9,19H,6,8H2,1-3H3. The van der Waals surface area contributed by atoms with E-state index in [2.05, 4.69) is 24.2 Å². The molecule has 1 aromatic carbocycles. The Morgan fingerprint density at radius 3 is 2.75 bits per heavy atom. The molecule has 6 heteroatoms. The van der Waals surface area contributed by atoms with E-state index in [-0.39, 0.29) is 6.61 Å². The van der Waals surface area contributed by atoms with E-state index in [0.717, 1.165) is 17.8 Å². The zero-order valence-electron chi connectivity index (χ0n) is 11.8. The number of benzene rings is 1. The molecule has 0 atom stereocenters. The second kappa shape index (κ2) is 6.24. The first-order valence-corrected chi connectivity index (χ1v) is 6.82. The first-order valence-electron chi connectivity index (χ1n) is 6.45. The maximum Gasteiger partial charge on any atom is 0.144 e. The van der Waals surface area contributed by atoms with Crippen LogP contribution in [-0.2, 0) is 13.0 Å². The number of hydrogen-bond donors (Lipinski definition) is 1. The van der Waals surface area contributed by atoms with Crippen molar-refractivity contribution in [1.82, 2.24) is 15.0 Å². The highest BCUT2D eigenvalue weighted by atomic mass is 35.5. The molecule has 0 bridgehead atoms. The maximum absolute atomic E-state index is 9.40. The summed E-state index contributed by atoms with van der Waals surface area (Å²) < 4.78 is 7.04. The Kier molecular flexibility index (Phi) is 4.62. The molecule has 2 aromatic rings. The third-order valence-electron chi connectivity index (χ3n) is 2.96. The van der Waals surface area contributed by atoms with Gasteiger partial charge in [-0.05, 0) is 30.5 Å². The van der Waals surface area contributed by atoms with Gasteiger partial charge in [0.25, 0.3) is 0 Å². The number of hydrogen-bond acceptors (Lipinski definition) is 4. The van der Waals surface area contributed by atoms with Crippen LogP contribution in [0.5, 0.6) is 5.75 Å². The van der Waals surface area contributed by atoms with Gasteiger partial charge in [0.05, 0.1) is 19.4 Å². The highest BCUT2D eigenvalue weighted by molar-refractivity contribution is 6.30. The second-order valence-corrected chi connectivity index (χ2v) is 5.40. The van der Waals surface area contributed by atoms with E-state index in [1.807, 2.05) is 0 Å². The fraction of sp³-hybridized carbons (Fsp3) is 0.429. The lowest BCUT2D eigenvalue weighted by Crippen LogP contribution is -2.08. The monoisotopic (exact) mass is 295 g/mol. The molecular weight excluding hydrogens is 278 g/mol. The van der Waals surface area contributed by atoms with Gasteiger partial charge >= 0.3 is 0 Å². The molecule has 20 heavy (non-hydrogen) atoms. The maximum atomic E-state index is 9.40. The van der Waals surface area contributed by atoms with Crippen molar-refractivity contribution >= 4 is 11.6 Å². The minimum atomic E-state index is -0.134. The first kappa shape index (κ1) is 14.8. The Labute approximate surface area is 123 Å². The van der Waals surface area contributed by atoms with Gasteiger partial charge in [0, 0.05) is 5.02 Å². The lowest BCUT2D eigenvalue weighted by atomic mass is 10.1. The van der Waals surface area contributed by atoms with Crippen LogP contribution in [0.15, 0.2) is 18.2 Å². The summed E-state index contributed by atoms with van der Waals surface area (Å²) >= 11 is 6.06. The van der Waals surface area contributed by atoms with E-state index in [1.165, 1.54) is 0 Å². The normalized spacial score (nSPS) is 11.1. The third-order valence-corrected chi connectivity index (χ3v) is 3.20. The average Bonchev–Trinajstić information content (AvgIpc) is 2.80. The van der Waals surface area contributed by atoms with Crippen molar-refractivity contribution in [2.45, 2.75) is 26.9 Å². The van der Waals surface area contributed by atoms with Crippen molar-refractivity contribution < 1.29 is 9.84 Å². The Bertz CT molecular complexity index is 596. The number of aliphatic hydroxyl groups excluding tert-OH is 1. The van der Waals surface area contributed by atoms with Crippen LogP contribution in [0.25, 0.3) is 5.69 Å². The van der Waals surface area contributed by atoms with Crippen molar-refractivity contribution in [2.24, 2.45) is 5.92 Å². The minimum Gasteiger partial charge on any atom is -0.494 e. The zero-order chi connectivity index (χ0) is 14.7. The van der Waals surface area contributed by atoms with Gasteiger partial charge < -0.3 is 9.84 Å². The molecule has 0 saturated carbocycles. The van der Waals surface area contributed by atoms with Gasteiger partial charge in [0.2, 0.25) is 0 Å². The predicted octanol–water partition coefficient (Wildman–Crippen LogP) is 2.62. The molecule has 1 aromatic heterocycles. The smallest absolute Gasteiger partial charge is 0.144 e. The van der Waals surface area contributed by atoms with Gasteiger partial charge in [0.15, 0.2) is 0 Å². The SMILES string of the molecule is COc1ccc(Cl)cc1-n1nnc(CO)c1CC(C)C. The molecule has 0 aliphatic heterocycles. The summed E-state index contributed by atoms with van der Waals surface area (Å²) in [5.41, 5.74) is 2.19. The summed E-state index contributed by atoms with van der Waals surface area (Å²) in [6.45, 7) is 4.08. The summed E-state index contributed by atoms with van der Waals surface area (Å²) in [5.74, 6) is 1.08. The number of nitrogens with zero attached hydrogens (tertiary/aromatic N) is 3. The predicted molar refractivity (Wildman–Crippen MR) is 77.4 cm³/mol. The van der Waals surface area contributed by atoms with E-state index in [1.54, 1.807) is 30.0 Å². The molecule has 0 spiro atoms. The van der Waals surface area contributed by atoms with Crippen molar-refractivity contribution in [2.75, 3.05) is 7.11 Å². The van der Waals surface area contributed by atoms with Crippen LogP contribution in [0.3, 0.4) is 0 Å². The lowest BCUT2D eigenvalue weighted by Gasteiger charge is -2.13. The van der Waals surface area contributed by atoms with Crippen molar-refractivity contribution in [3.8, 4) is 11.4 Å². The number of aliphatic hydroxyl groups is 1. The van der Waals surface area contributed by atoms with E-state index in [9.17, 15) is 5.11 Å².